The molecule has 2 amide bonds. The number of piperidine rings is 1. The highest BCUT2D eigenvalue weighted by Gasteiger charge is 2.43. The number of rotatable bonds is 4. The van der Waals surface area contributed by atoms with E-state index < -0.39 is 0 Å². The molecule has 2 aromatic carbocycles. The van der Waals surface area contributed by atoms with Crippen molar-refractivity contribution < 1.29 is 14.7 Å². The third kappa shape index (κ3) is 3.22. The Bertz CT molecular complexity index is 919. The molecule has 4 rings (SSSR count). The molecule has 0 aliphatic carbocycles. The van der Waals surface area contributed by atoms with Crippen LogP contribution in [0.5, 0.6) is 0 Å². The quantitative estimate of drug-likeness (QED) is 0.834. The summed E-state index contributed by atoms with van der Waals surface area (Å²) in [6.45, 7) is 3.36. The summed E-state index contributed by atoms with van der Waals surface area (Å²) >= 11 is 0. The smallest absolute Gasteiger partial charge is 0.282 e. The van der Waals surface area contributed by atoms with E-state index in [0.717, 1.165) is 24.0 Å². The summed E-state index contributed by atoms with van der Waals surface area (Å²) < 4.78 is 0. The van der Waals surface area contributed by atoms with Crippen LogP contribution in [0.15, 0.2) is 60.3 Å². The molecule has 1 N–H and O–H groups in total. The van der Waals surface area contributed by atoms with Gasteiger partial charge in [-0.05, 0) is 43.4 Å². The van der Waals surface area contributed by atoms with Crippen molar-refractivity contribution in [2.45, 2.75) is 19.8 Å². The van der Waals surface area contributed by atoms with Gasteiger partial charge in [0.05, 0.1) is 11.3 Å². The average molecular weight is 376 g/mol. The molecule has 0 saturated carbocycles. The van der Waals surface area contributed by atoms with Gasteiger partial charge in [0, 0.05) is 19.7 Å². The largest absolute Gasteiger partial charge is 0.396 e. The fourth-order valence-corrected chi connectivity index (χ4v) is 4.02. The molecule has 0 radical (unpaired) electrons. The number of nitrogens with zero attached hydrogens (tertiary/aromatic N) is 2. The summed E-state index contributed by atoms with van der Waals surface area (Å²) in [5.41, 5.74) is 3.30. The first kappa shape index (κ1) is 18.4. The Morgan fingerprint density at radius 3 is 2.39 bits per heavy atom. The molecule has 144 valence electrons. The Hall–Kier alpha value is -2.92. The number of anilines is 1. The normalized spacial score (nSPS) is 20.3. The third-order valence-corrected chi connectivity index (χ3v) is 5.51. The maximum Gasteiger partial charge on any atom is 0.282 e. The van der Waals surface area contributed by atoms with E-state index in [1.54, 1.807) is 0 Å². The SMILES string of the molecule is Cc1ccc(N2C(=O)C(c3ccccc3)=C(N3CCCC(CO)C3)C2=O)cc1. The van der Waals surface area contributed by atoms with Crippen LogP contribution >= 0.6 is 0 Å². The van der Waals surface area contributed by atoms with E-state index in [4.69, 9.17) is 0 Å². The molecule has 0 bridgehead atoms. The lowest BCUT2D eigenvalue weighted by atomic mass is 9.97. The highest BCUT2D eigenvalue weighted by molar-refractivity contribution is 6.45. The number of hydrogen-bond donors (Lipinski definition) is 1. The zero-order valence-electron chi connectivity index (χ0n) is 16.0. The lowest BCUT2D eigenvalue weighted by Gasteiger charge is -2.34. The molecule has 28 heavy (non-hydrogen) atoms. The Kier molecular flexibility index (Phi) is 5.01. The minimum atomic E-state index is -0.291. The van der Waals surface area contributed by atoms with Crippen molar-refractivity contribution in [1.82, 2.24) is 4.90 Å². The summed E-state index contributed by atoms with van der Waals surface area (Å²) in [5.74, 6) is -0.456. The van der Waals surface area contributed by atoms with Gasteiger partial charge in [-0.3, -0.25) is 9.59 Å². The predicted octanol–water partition coefficient (Wildman–Crippen LogP) is 2.98. The fourth-order valence-electron chi connectivity index (χ4n) is 4.02. The summed E-state index contributed by atoms with van der Waals surface area (Å²) in [6, 6.07) is 16.8. The molecular formula is C23H24N2O3. The number of aliphatic hydroxyl groups is 1. The fraction of sp³-hybridized carbons (Fsp3) is 0.304. The van der Waals surface area contributed by atoms with Crippen molar-refractivity contribution >= 4 is 23.1 Å². The molecule has 1 unspecified atom stereocenters. The highest BCUT2D eigenvalue weighted by Crippen LogP contribution is 2.36. The number of amides is 2. The van der Waals surface area contributed by atoms with Crippen molar-refractivity contribution in [2.75, 3.05) is 24.6 Å². The van der Waals surface area contributed by atoms with Crippen molar-refractivity contribution in [3.8, 4) is 0 Å². The minimum Gasteiger partial charge on any atom is -0.396 e. The maximum absolute atomic E-state index is 13.4. The first-order chi connectivity index (χ1) is 13.6. The number of benzene rings is 2. The molecule has 2 heterocycles. The Morgan fingerprint density at radius 1 is 1.00 bits per heavy atom. The van der Waals surface area contributed by atoms with Crippen LogP contribution in [0.4, 0.5) is 5.69 Å². The van der Waals surface area contributed by atoms with E-state index in [-0.39, 0.29) is 24.3 Å². The van der Waals surface area contributed by atoms with E-state index in [9.17, 15) is 14.7 Å². The van der Waals surface area contributed by atoms with Gasteiger partial charge in [-0.2, -0.15) is 0 Å². The van der Waals surface area contributed by atoms with Gasteiger partial charge in [0.1, 0.15) is 5.70 Å². The molecule has 5 heteroatoms. The number of likely N-dealkylation sites (tertiary alicyclic amines) is 1. The molecule has 5 nitrogen and oxygen atoms in total. The predicted molar refractivity (Wildman–Crippen MR) is 108 cm³/mol. The van der Waals surface area contributed by atoms with Gasteiger partial charge in [0.2, 0.25) is 0 Å². The molecule has 2 aromatic rings. The van der Waals surface area contributed by atoms with Gasteiger partial charge in [-0.15, -0.1) is 0 Å². The first-order valence-electron chi connectivity index (χ1n) is 9.71. The molecule has 1 saturated heterocycles. The summed E-state index contributed by atoms with van der Waals surface area (Å²) in [4.78, 5) is 30.1. The van der Waals surface area contributed by atoms with Crippen molar-refractivity contribution in [2.24, 2.45) is 5.92 Å². The van der Waals surface area contributed by atoms with Gasteiger partial charge in [-0.25, -0.2) is 4.90 Å². The summed E-state index contributed by atoms with van der Waals surface area (Å²) in [6.07, 6.45) is 1.83. The molecule has 0 spiro atoms. The number of imide groups is 1. The van der Waals surface area contributed by atoms with E-state index in [1.807, 2.05) is 66.4 Å². The number of aryl methyl sites for hydroxylation is 1. The van der Waals surface area contributed by atoms with Crippen LogP contribution in [0, 0.1) is 12.8 Å². The second kappa shape index (κ2) is 7.60. The molecular weight excluding hydrogens is 352 g/mol. The van der Waals surface area contributed by atoms with E-state index in [1.165, 1.54) is 4.90 Å². The number of aliphatic hydroxyl groups excluding tert-OH is 1. The third-order valence-electron chi connectivity index (χ3n) is 5.51. The second-order valence-electron chi connectivity index (χ2n) is 7.51. The topological polar surface area (TPSA) is 60.9 Å². The summed E-state index contributed by atoms with van der Waals surface area (Å²) in [5, 5.41) is 9.60. The number of carbonyl (C=O) groups is 2. The molecule has 2 aliphatic rings. The van der Waals surface area contributed by atoms with Crippen molar-refractivity contribution in [1.29, 1.82) is 0 Å². The van der Waals surface area contributed by atoms with Crippen LogP contribution in [-0.4, -0.2) is 41.5 Å². The van der Waals surface area contributed by atoms with Crippen LogP contribution in [0.1, 0.15) is 24.0 Å². The van der Waals surface area contributed by atoms with Gasteiger partial charge in [-0.1, -0.05) is 48.0 Å². The first-order valence-corrected chi connectivity index (χ1v) is 9.71. The average Bonchev–Trinajstić information content (AvgIpc) is 2.99. The Labute approximate surface area is 164 Å². The van der Waals surface area contributed by atoms with Gasteiger partial charge >= 0.3 is 0 Å². The van der Waals surface area contributed by atoms with E-state index in [2.05, 4.69) is 0 Å². The zero-order valence-corrected chi connectivity index (χ0v) is 16.0. The molecule has 2 aliphatic heterocycles. The number of hydrogen-bond acceptors (Lipinski definition) is 4. The lowest BCUT2D eigenvalue weighted by molar-refractivity contribution is -0.120. The van der Waals surface area contributed by atoms with Gasteiger partial charge in [0.15, 0.2) is 0 Å². The standard InChI is InChI=1S/C23H24N2O3/c1-16-9-11-19(12-10-16)25-22(27)20(18-7-3-2-4-8-18)21(23(25)28)24-13-5-6-17(14-24)15-26/h2-4,7-12,17,26H,5-6,13-15H2,1H3. The maximum atomic E-state index is 13.4. The number of carbonyl (C=O) groups excluding carboxylic acids is 2. The summed E-state index contributed by atoms with van der Waals surface area (Å²) in [7, 11) is 0. The molecule has 1 fully saturated rings. The van der Waals surface area contributed by atoms with E-state index >= 15 is 0 Å². The minimum absolute atomic E-state index is 0.0915. The van der Waals surface area contributed by atoms with Gasteiger partial charge < -0.3 is 10.0 Å². The Morgan fingerprint density at radius 2 is 1.71 bits per heavy atom. The lowest BCUT2D eigenvalue weighted by Crippen LogP contribution is -2.40. The van der Waals surface area contributed by atoms with Gasteiger partial charge in [0.25, 0.3) is 11.8 Å². The van der Waals surface area contributed by atoms with Crippen LogP contribution in [0.2, 0.25) is 0 Å². The van der Waals surface area contributed by atoms with Crippen molar-refractivity contribution in [3.05, 3.63) is 71.4 Å². The van der Waals surface area contributed by atoms with Crippen LogP contribution in [0.25, 0.3) is 5.57 Å². The highest BCUT2D eigenvalue weighted by atomic mass is 16.3. The van der Waals surface area contributed by atoms with Crippen LogP contribution < -0.4 is 4.90 Å². The molecule has 1 atom stereocenters. The van der Waals surface area contributed by atoms with Crippen molar-refractivity contribution in [3.63, 3.8) is 0 Å². The van der Waals surface area contributed by atoms with E-state index in [0.29, 0.717) is 30.0 Å². The van der Waals surface area contributed by atoms with Crippen LogP contribution in [0.3, 0.4) is 0 Å². The van der Waals surface area contributed by atoms with Crippen LogP contribution in [-0.2, 0) is 9.59 Å². The zero-order chi connectivity index (χ0) is 19.7. The second-order valence-corrected chi connectivity index (χ2v) is 7.51. The monoisotopic (exact) mass is 376 g/mol. The Balaban J connectivity index is 1.79. The molecule has 0 aromatic heterocycles.